The Kier molecular flexibility index (Phi) is 4.77. The Morgan fingerprint density at radius 3 is 2.59 bits per heavy atom. The van der Waals surface area contributed by atoms with Crippen molar-refractivity contribution in [2.75, 3.05) is 40.3 Å². The van der Waals surface area contributed by atoms with Gasteiger partial charge in [0, 0.05) is 32.2 Å². The molecule has 0 aromatic carbocycles. The minimum absolute atomic E-state index is 0.334. The van der Waals surface area contributed by atoms with Crippen LogP contribution >= 0.6 is 0 Å². The van der Waals surface area contributed by atoms with Gasteiger partial charge in [-0.1, -0.05) is 0 Å². The van der Waals surface area contributed by atoms with Crippen LogP contribution in [0.4, 0.5) is 4.79 Å². The molecule has 1 heterocycles. The van der Waals surface area contributed by atoms with Crippen molar-refractivity contribution in [2.24, 2.45) is 0 Å². The van der Waals surface area contributed by atoms with Crippen LogP contribution < -0.4 is 5.32 Å². The zero-order valence-corrected chi connectivity index (χ0v) is 11.6. The lowest BCUT2D eigenvalue weighted by molar-refractivity contribution is 0.0484. The van der Waals surface area contributed by atoms with Crippen molar-refractivity contribution >= 4 is 6.09 Å². The molecule has 17 heavy (non-hydrogen) atoms. The van der Waals surface area contributed by atoms with Gasteiger partial charge < -0.3 is 15.0 Å². The summed E-state index contributed by atoms with van der Waals surface area (Å²) in [6.07, 6.45) is -0.334. The molecule has 1 amide bonds. The molecule has 5 heteroatoms. The summed E-state index contributed by atoms with van der Waals surface area (Å²) in [6.45, 7) is 9.34. The molecule has 100 valence electrons. The molecule has 1 atom stereocenters. The van der Waals surface area contributed by atoms with Crippen LogP contribution in [-0.2, 0) is 4.74 Å². The lowest BCUT2D eigenvalue weighted by Gasteiger charge is -2.37. The van der Waals surface area contributed by atoms with Crippen molar-refractivity contribution in [1.29, 1.82) is 0 Å². The first-order valence-electron chi connectivity index (χ1n) is 6.13. The van der Waals surface area contributed by atoms with Crippen molar-refractivity contribution in [1.82, 2.24) is 15.1 Å². The third-order valence-corrected chi connectivity index (χ3v) is 2.86. The summed E-state index contributed by atoms with van der Waals surface area (Å²) in [7, 11) is 4.20. The van der Waals surface area contributed by atoms with Crippen LogP contribution in [0.25, 0.3) is 0 Å². The SMILES string of the molecule is CN1CCN(C)C(CNC(=O)OC(C)(C)C)C1. The maximum Gasteiger partial charge on any atom is 0.407 e. The molecule has 1 N–H and O–H groups in total. The van der Waals surface area contributed by atoms with E-state index in [1.807, 2.05) is 20.8 Å². The second-order valence-electron chi connectivity index (χ2n) is 5.78. The highest BCUT2D eigenvalue weighted by Gasteiger charge is 2.23. The summed E-state index contributed by atoms with van der Waals surface area (Å²) in [5.41, 5.74) is -0.431. The highest BCUT2D eigenvalue weighted by Crippen LogP contribution is 2.08. The van der Waals surface area contributed by atoms with Gasteiger partial charge in [0.15, 0.2) is 0 Å². The summed E-state index contributed by atoms with van der Waals surface area (Å²) < 4.78 is 5.21. The molecule has 0 aromatic rings. The summed E-state index contributed by atoms with van der Waals surface area (Å²) in [5, 5.41) is 2.83. The quantitative estimate of drug-likeness (QED) is 0.777. The van der Waals surface area contributed by atoms with Crippen LogP contribution in [0.3, 0.4) is 0 Å². The second-order valence-corrected chi connectivity index (χ2v) is 5.78. The smallest absolute Gasteiger partial charge is 0.407 e. The van der Waals surface area contributed by atoms with E-state index < -0.39 is 5.60 Å². The highest BCUT2D eigenvalue weighted by atomic mass is 16.6. The number of nitrogens with one attached hydrogen (secondary N) is 1. The molecule has 1 rings (SSSR count). The molecule has 1 unspecified atom stereocenters. The largest absolute Gasteiger partial charge is 0.444 e. The van der Waals surface area contributed by atoms with Gasteiger partial charge in [0.1, 0.15) is 5.60 Å². The van der Waals surface area contributed by atoms with Crippen LogP contribution in [0.2, 0.25) is 0 Å². The Balaban J connectivity index is 2.32. The molecule has 5 nitrogen and oxygen atoms in total. The average molecular weight is 243 g/mol. The van der Waals surface area contributed by atoms with E-state index in [9.17, 15) is 4.79 Å². The van der Waals surface area contributed by atoms with Crippen LogP contribution in [-0.4, -0.2) is 67.8 Å². The van der Waals surface area contributed by atoms with E-state index in [4.69, 9.17) is 4.74 Å². The minimum atomic E-state index is -0.431. The Labute approximate surface area is 104 Å². The van der Waals surface area contributed by atoms with E-state index in [1.54, 1.807) is 0 Å². The fourth-order valence-corrected chi connectivity index (χ4v) is 1.84. The van der Waals surface area contributed by atoms with Gasteiger partial charge in [0.25, 0.3) is 0 Å². The maximum atomic E-state index is 11.5. The predicted molar refractivity (Wildman–Crippen MR) is 68.2 cm³/mol. The second kappa shape index (κ2) is 5.69. The first kappa shape index (κ1) is 14.3. The number of amides is 1. The van der Waals surface area contributed by atoms with Gasteiger partial charge in [-0.15, -0.1) is 0 Å². The Morgan fingerprint density at radius 1 is 1.35 bits per heavy atom. The van der Waals surface area contributed by atoms with Crippen molar-refractivity contribution in [2.45, 2.75) is 32.4 Å². The number of hydrogen-bond acceptors (Lipinski definition) is 4. The minimum Gasteiger partial charge on any atom is -0.444 e. The fourth-order valence-electron chi connectivity index (χ4n) is 1.84. The van der Waals surface area contributed by atoms with Crippen molar-refractivity contribution in [3.05, 3.63) is 0 Å². The molecule has 0 saturated carbocycles. The van der Waals surface area contributed by atoms with E-state index in [1.165, 1.54) is 0 Å². The van der Waals surface area contributed by atoms with Crippen LogP contribution in [0, 0.1) is 0 Å². The van der Waals surface area contributed by atoms with Crippen LogP contribution in [0.5, 0.6) is 0 Å². The molecule has 0 radical (unpaired) electrons. The van der Waals surface area contributed by atoms with Crippen molar-refractivity contribution < 1.29 is 9.53 Å². The molecular weight excluding hydrogens is 218 g/mol. The van der Waals surface area contributed by atoms with Gasteiger partial charge >= 0.3 is 6.09 Å². The fraction of sp³-hybridized carbons (Fsp3) is 0.917. The first-order valence-corrected chi connectivity index (χ1v) is 6.13. The number of hydrogen-bond donors (Lipinski definition) is 1. The lowest BCUT2D eigenvalue weighted by Crippen LogP contribution is -2.54. The van der Waals surface area contributed by atoms with Gasteiger partial charge in [-0.05, 0) is 34.9 Å². The van der Waals surface area contributed by atoms with Crippen LogP contribution in [0.15, 0.2) is 0 Å². The number of alkyl carbamates (subject to hydrolysis) is 1. The lowest BCUT2D eigenvalue weighted by atomic mass is 10.2. The standard InChI is InChI=1S/C12H25N3O2/c1-12(2,3)17-11(16)13-8-10-9-14(4)6-7-15(10)5/h10H,6-9H2,1-5H3,(H,13,16). The third kappa shape index (κ3) is 5.37. The monoisotopic (exact) mass is 243 g/mol. The molecule has 1 aliphatic heterocycles. The number of carbonyl (C=O) groups excluding carboxylic acids is 1. The summed E-state index contributed by atoms with van der Waals surface area (Å²) in [5.74, 6) is 0. The van der Waals surface area contributed by atoms with Gasteiger partial charge in [-0.3, -0.25) is 4.90 Å². The van der Waals surface area contributed by atoms with Crippen LogP contribution in [0.1, 0.15) is 20.8 Å². The predicted octanol–water partition coefficient (Wildman–Crippen LogP) is 0.757. The Morgan fingerprint density at radius 2 is 2.00 bits per heavy atom. The Bertz CT molecular complexity index is 263. The van der Waals surface area contributed by atoms with Crippen molar-refractivity contribution in [3.8, 4) is 0 Å². The number of piperazine rings is 1. The third-order valence-electron chi connectivity index (χ3n) is 2.86. The van der Waals surface area contributed by atoms with E-state index in [0.29, 0.717) is 12.6 Å². The molecule has 0 aliphatic carbocycles. The molecule has 1 saturated heterocycles. The zero-order chi connectivity index (χ0) is 13.1. The van der Waals surface area contributed by atoms with E-state index >= 15 is 0 Å². The summed E-state index contributed by atoms with van der Waals surface area (Å²) in [4.78, 5) is 16.1. The average Bonchev–Trinajstić information content (AvgIpc) is 2.17. The molecule has 0 bridgehead atoms. The topological polar surface area (TPSA) is 44.8 Å². The number of ether oxygens (including phenoxy) is 1. The maximum absolute atomic E-state index is 11.5. The molecule has 0 aromatic heterocycles. The normalized spacial score (nSPS) is 23.5. The summed E-state index contributed by atoms with van der Waals surface area (Å²) in [6, 6.07) is 0.362. The van der Waals surface area contributed by atoms with E-state index in [2.05, 4.69) is 29.2 Å². The van der Waals surface area contributed by atoms with Gasteiger partial charge in [0.2, 0.25) is 0 Å². The first-order chi connectivity index (χ1) is 7.78. The van der Waals surface area contributed by atoms with E-state index in [0.717, 1.165) is 19.6 Å². The van der Waals surface area contributed by atoms with Gasteiger partial charge in [-0.25, -0.2) is 4.79 Å². The molecule has 1 fully saturated rings. The number of carbonyl (C=O) groups is 1. The highest BCUT2D eigenvalue weighted by molar-refractivity contribution is 5.67. The number of rotatable bonds is 2. The van der Waals surface area contributed by atoms with Gasteiger partial charge in [-0.2, -0.15) is 0 Å². The molecule has 1 aliphatic rings. The zero-order valence-electron chi connectivity index (χ0n) is 11.6. The Hall–Kier alpha value is -0.810. The van der Waals surface area contributed by atoms with Crippen molar-refractivity contribution in [3.63, 3.8) is 0 Å². The van der Waals surface area contributed by atoms with Gasteiger partial charge in [0.05, 0.1) is 0 Å². The summed E-state index contributed by atoms with van der Waals surface area (Å²) >= 11 is 0. The molecule has 0 spiro atoms. The number of nitrogens with zero attached hydrogens (tertiary/aromatic N) is 2. The number of likely N-dealkylation sites (N-methyl/N-ethyl adjacent to an activating group) is 2. The molecular formula is C12H25N3O2. The van der Waals surface area contributed by atoms with E-state index in [-0.39, 0.29) is 6.09 Å².